The molecule has 4 heteroatoms. The van der Waals surface area contributed by atoms with Gasteiger partial charge in [-0.25, -0.2) is 0 Å². The number of carbonyl (C=O) groups is 1. The van der Waals surface area contributed by atoms with Gasteiger partial charge in [0.15, 0.2) is 0 Å². The third-order valence-corrected chi connectivity index (χ3v) is 3.11. The molecule has 0 aliphatic carbocycles. The molecule has 22 heavy (non-hydrogen) atoms. The minimum absolute atomic E-state index is 0.0652. The highest BCUT2D eigenvalue weighted by Crippen LogP contribution is 2.20. The maximum atomic E-state index is 12.0. The molecule has 0 radical (unpaired) electrons. The summed E-state index contributed by atoms with van der Waals surface area (Å²) in [6, 6.07) is 16.7. The summed E-state index contributed by atoms with van der Waals surface area (Å²) in [6.07, 6.45) is 1.09. The Kier molecular flexibility index (Phi) is 6.45. The van der Waals surface area contributed by atoms with E-state index in [0.29, 0.717) is 17.9 Å². The molecule has 2 aromatic rings. The summed E-state index contributed by atoms with van der Waals surface area (Å²) in [5.41, 5.74) is 0.635. The number of carbonyl (C=O) groups excluding carboxylic acids is 1. The zero-order valence-electron chi connectivity index (χ0n) is 12.8. The maximum absolute atomic E-state index is 12.0. The first kappa shape index (κ1) is 16.0. The fourth-order valence-corrected chi connectivity index (χ4v) is 1.97. The van der Waals surface area contributed by atoms with Crippen molar-refractivity contribution in [1.82, 2.24) is 10.6 Å². The van der Waals surface area contributed by atoms with Crippen LogP contribution in [-0.2, 0) is 0 Å². The van der Waals surface area contributed by atoms with Crippen molar-refractivity contribution in [2.75, 3.05) is 19.6 Å². The normalized spacial score (nSPS) is 10.2. The molecule has 0 unspecified atom stereocenters. The van der Waals surface area contributed by atoms with Crippen molar-refractivity contribution in [1.29, 1.82) is 0 Å². The van der Waals surface area contributed by atoms with Gasteiger partial charge in [0.25, 0.3) is 5.91 Å². The number of benzene rings is 2. The summed E-state index contributed by atoms with van der Waals surface area (Å²) in [5, 5.41) is 6.13. The van der Waals surface area contributed by atoms with Crippen LogP contribution in [0.2, 0.25) is 0 Å². The minimum Gasteiger partial charge on any atom is -0.457 e. The highest BCUT2D eigenvalue weighted by molar-refractivity contribution is 5.94. The summed E-state index contributed by atoms with van der Waals surface area (Å²) in [5.74, 6) is 1.43. The van der Waals surface area contributed by atoms with Gasteiger partial charge >= 0.3 is 0 Å². The Bertz CT molecular complexity index is 567. The van der Waals surface area contributed by atoms with Crippen molar-refractivity contribution in [2.45, 2.75) is 13.3 Å². The van der Waals surface area contributed by atoms with Crippen molar-refractivity contribution in [2.24, 2.45) is 0 Å². The van der Waals surface area contributed by atoms with Gasteiger partial charge < -0.3 is 15.4 Å². The summed E-state index contributed by atoms with van der Waals surface area (Å²) in [6.45, 7) is 4.50. The lowest BCUT2D eigenvalue weighted by atomic mass is 10.2. The lowest BCUT2D eigenvalue weighted by Gasteiger charge is -2.08. The predicted octanol–water partition coefficient (Wildman–Crippen LogP) is 3.21. The van der Waals surface area contributed by atoms with Crippen LogP contribution in [-0.4, -0.2) is 25.5 Å². The van der Waals surface area contributed by atoms with Crippen LogP contribution in [0.1, 0.15) is 23.7 Å². The number of hydrogen-bond acceptors (Lipinski definition) is 3. The molecule has 0 spiro atoms. The van der Waals surface area contributed by atoms with E-state index in [1.165, 1.54) is 0 Å². The SMILES string of the molecule is CCCNCCNC(=O)c1ccc(Oc2ccccc2)cc1. The van der Waals surface area contributed by atoms with Crippen LogP contribution in [0.25, 0.3) is 0 Å². The maximum Gasteiger partial charge on any atom is 0.251 e. The Morgan fingerprint density at radius 3 is 2.27 bits per heavy atom. The smallest absolute Gasteiger partial charge is 0.251 e. The van der Waals surface area contributed by atoms with Crippen molar-refractivity contribution in [3.8, 4) is 11.5 Å². The second kappa shape index (κ2) is 8.85. The molecular weight excluding hydrogens is 276 g/mol. The van der Waals surface area contributed by atoms with Gasteiger partial charge in [0, 0.05) is 18.7 Å². The van der Waals surface area contributed by atoms with Gasteiger partial charge in [0.2, 0.25) is 0 Å². The summed E-state index contributed by atoms with van der Waals surface area (Å²) >= 11 is 0. The Balaban J connectivity index is 1.82. The standard InChI is InChI=1S/C18H22N2O2/c1-2-12-19-13-14-20-18(21)15-8-10-17(11-9-15)22-16-6-4-3-5-7-16/h3-11,19H,2,12-14H2,1H3,(H,20,21). The van der Waals surface area contributed by atoms with Gasteiger partial charge in [0.05, 0.1) is 0 Å². The van der Waals surface area contributed by atoms with Gasteiger partial charge in [0.1, 0.15) is 11.5 Å². The van der Waals surface area contributed by atoms with E-state index in [-0.39, 0.29) is 5.91 Å². The van der Waals surface area contributed by atoms with Gasteiger partial charge in [-0.1, -0.05) is 25.1 Å². The lowest BCUT2D eigenvalue weighted by Crippen LogP contribution is -2.32. The second-order valence-corrected chi connectivity index (χ2v) is 4.95. The van der Waals surface area contributed by atoms with E-state index in [1.807, 2.05) is 30.3 Å². The fourth-order valence-electron chi connectivity index (χ4n) is 1.97. The zero-order valence-corrected chi connectivity index (χ0v) is 12.8. The predicted molar refractivity (Wildman–Crippen MR) is 88.5 cm³/mol. The quantitative estimate of drug-likeness (QED) is 0.736. The highest BCUT2D eigenvalue weighted by Gasteiger charge is 2.05. The van der Waals surface area contributed by atoms with Crippen LogP contribution in [0.5, 0.6) is 11.5 Å². The summed E-state index contributed by atoms with van der Waals surface area (Å²) in [4.78, 5) is 12.0. The van der Waals surface area contributed by atoms with Crippen LogP contribution in [0.4, 0.5) is 0 Å². The van der Waals surface area contributed by atoms with Gasteiger partial charge in [-0.3, -0.25) is 4.79 Å². The van der Waals surface area contributed by atoms with Crippen LogP contribution < -0.4 is 15.4 Å². The van der Waals surface area contributed by atoms with Crippen LogP contribution >= 0.6 is 0 Å². The molecule has 0 saturated carbocycles. The average Bonchev–Trinajstić information content (AvgIpc) is 2.56. The van der Waals surface area contributed by atoms with E-state index >= 15 is 0 Å². The van der Waals surface area contributed by atoms with E-state index in [4.69, 9.17) is 4.74 Å². The Morgan fingerprint density at radius 1 is 0.909 bits per heavy atom. The second-order valence-electron chi connectivity index (χ2n) is 4.95. The summed E-state index contributed by atoms with van der Waals surface area (Å²) < 4.78 is 5.70. The van der Waals surface area contributed by atoms with Crippen molar-refractivity contribution in [3.05, 3.63) is 60.2 Å². The molecule has 0 heterocycles. The molecule has 0 fully saturated rings. The van der Waals surface area contributed by atoms with E-state index in [9.17, 15) is 4.79 Å². The Hall–Kier alpha value is -2.33. The molecule has 2 N–H and O–H groups in total. The minimum atomic E-state index is -0.0652. The molecule has 0 aliphatic rings. The largest absolute Gasteiger partial charge is 0.457 e. The lowest BCUT2D eigenvalue weighted by molar-refractivity contribution is 0.0954. The molecule has 2 rings (SSSR count). The number of amides is 1. The first-order chi connectivity index (χ1) is 10.8. The van der Waals surface area contributed by atoms with E-state index < -0.39 is 0 Å². The molecule has 0 aliphatic heterocycles. The molecule has 0 atom stereocenters. The monoisotopic (exact) mass is 298 g/mol. The number of nitrogens with one attached hydrogen (secondary N) is 2. The van der Waals surface area contributed by atoms with E-state index in [2.05, 4.69) is 17.6 Å². The van der Waals surface area contributed by atoms with E-state index in [1.54, 1.807) is 24.3 Å². The topological polar surface area (TPSA) is 50.4 Å². The van der Waals surface area contributed by atoms with Gasteiger partial charge in [-0.05, 0) is 49.4 Å². The Labute approximate surface area is 131 Å². The zero-order chi connectivity index (χ0) is 15.6. The van der Waals surface area contributed by atoms with Crippen molar-refractivity contribution >= 4 is 5.91 Å². The van der Waals surface area contributed by atoms with E-state index in [0.717, 1.165) is 25.3 Å². The van der Waals surface area contributed by atoms with Crippen LogP contribution in [0.15, 0.2) is 54.6 Å². The highest BCUT2D eigenvalue weighted by atomic mass is 16.5. The van der Waals surface area contributed by atoms with Crippen LogP contribution in [0.3, 0.4) is 0 Å². The number of para-hydroxylation sites is 1. The number of hydrogen-bond donors (Lipinski definition) is 2. The van der Waals surface area contributed by atoms with Crippen molar-refractivity contribution < 1.29 is 9.53 Å². The van der Waals surface area contributed by atoms with Crippen molar-refractivity contribution in [3.63, 3.8) is 0 Å². The molecule has 2 aromatic carbocycles. The average molecular weight is 298 g/mol. The molecule has 0 saturated heterocycles. The summed E-state index contributed by atoms with van der Waals surface area (Å²) in [7, 11) is 0. The first-order valence-electron chi connectivity index (χ1n) is 7.61. The van der Waals surface area contributed by atoms with Gasteiger partial charge in [-0.2, -0.15) is 0 Å². The number of ether oxygens (including phenoxy) is 1. The molecule has 4 nitrogen and oxygen atoms in total. The first-order valence-corrected chi connectivity index (χ1v) is 7.61. The third-order valence-electron chi connectivity index (χ3n) is 3.11. The molecule has 116 valence electrons. The molecule has 0 aromatic heterocycles. The third kappa shape index (κ3) is 5.22. The number of rotatable bonds is 8. The van der Waals surface area contributed by atoms with Gasteiger partial charge in [-0.15, -0.1) is 0 Å². The fraction of sp³-hybridized carbons (Fsp3) is 0.278. The molecule has 1 amide bonds. The Morgan fingerprint density at radius 2 is 1.59 bits per heavy atom. The molecule has 0 bridgehead atoms. The van der Waals surface area contributed by atoms with Crippen LogP contribution in [0, 0.1) is 0 Å². The molecular formula is C18H22N2O2.